The molecule has 1 fully saturated rings. The van der Waals surface area contributed by atoms with E-state index in [0.29, 0.717) is 11.4 Å². The van der Waals surface area contributed by atoms with E-state index in [0.717, 1.165) is 12.8 Å². The summed E-state index contributed by atoms with van der Waals surface area (Å²) >= 11 is 0. The Balaban J connectivity index is 2.31. The summed E-state index contributed by atoms with van der Waals surface area (Å²) in [5.41, 5.74) is 0.884. The van der Waals surface area contributed by atoms with Crippen LogP contribution in [0.2, 0.25) is 0 Å². The Morgan fingerprint density at radius 2 is 2.36 bits per heavy atom. The van der Waals surface area contributed by atoms with Crippen LogP contribution in [0.15, 0.2) is 12.3 Å². The highest BCUT2D eigenvalue weighted by Gasteiger charge is 2.25. The van der Waals surface area contributed by atoms with E-state index >= 15 is 0 Å². The summed E-state index contributed by atoms with van der Waals surface area (Å²) < 4.78 is 5.43. The minimum absolute atomic E-state index is 0.192. The van der Waals surface area contributed by atoms with Crippen LogP contribution >= 0.6 is 0 Å². The number of pyridine rings is 1. The van der Waals surface area contributed by atoms with Crippen molar-refractivity contribution < 1.29 is 14.6 Å². The third-order valence-corrected chi connectivity index (χ3v) is 2.05. The SMILES string of the molecule is Cc1cc(C(=O)O)c(OC2CC2)cn1. The summed E-state index contributed by atoms with van der Waals surface area (Å²) in [4.78, 5) is 14.9. The van der Waals surface area contributed by atoms with E-state index in [1.165, 1.54) is 12.3 Å². The largest absolute Gasteiger partial charge is 0.488 e. The lowest BCUT2D eigenvalue weighted by Gasteiger charge is -2.07. The topological polar surface area (TPSA) is 59.4 Å². The Bertz CT molecular complexity index is 372. The van der Waals surface area contributed by atoms with E-state index in [1.54, 1.807) is 6.92 Å². The molecule has 0 atom stereocenters. The highest BCUT2D eigenvalue weighted by molar-refractivity contribution is 5.90. The second kappa shape index (κ2) is 3.29. The van der Waals surface area contributed by atoms with Gasteiger partial charge in [-0.05, 0) is 25.8 Å². The molecule has 0 spiro atoms. The number of carbonyl (C=O) groups is 1. The summed E-state index contributed by atoms with van der Waals surface area (Å²) in [6, 6.07) is 1.53. The number of ether oxygens (including phenoxy) is 1. The zero-order valence-electron chi connectivity index (χ0n) is 7.86. The third kappa shape index (κ3) is 1.84. The molecule has 0 aliphatic heterocycles. The molecule has 0 radical (unpaired) electrons. The highest BCUT2D eigenvalue weighted by atomic mass is 16.5. The van der Waals surface area contributed by atoms with E-state index in [-0.39, 0.29) is 11.7 Å². The summed E-state index contributed by atoms with van der Waals surface area (Å²) in [5, 5.41) is 8.92. The van der Waals surface area contributed by atoms with Crippen LogP contribution in [0.5, 0.6) is 5.75 Å². The minimum Gasteiger partial charge on any atom is -0.488 e. The van der Waals surface area contributed by atoms with Crippen LogP contribution in [0.4, 0.5) is 0 Å². The molecule has 74 valence electrons. The molecular weight excluding hydrogens is 182 g/mol. The van der Waals surface area contributed by atoms with Crippen LogP contribution in [-0.4, -0.2) is 22.2 Å². The Kier molecular flexibility index (Phi) is 2.11. The fourth-order valence-corrected chi connectivity index (χ4v) is 1.17. The van der Waals surface area contributed by atoms with Gasteiger partial charge in [-0.15, -0.1) is 0 Å². The highest BCUT2D eigenvalue weighted by Crippen LogP contribution is 2.28. The van der Waals surface area contributed by atoms with Crippen molar-refractivity contribution in [3.8, 4) is 5.75 Å². The van der Waals surface area contributed by atoms with Gasteiger partial charge >= 0.3 is 5.97 Å². The molecule has 4 heteroatoms. The van der Waals surface area contributed by atoms with Gasteiger partial charge in [0.05, 0.1) is 12.3 Å². The van der Waals surface area contributed by atoms with Crippen molar-refractivity contribution in [2.75, 3.05) is 0 Å². The van der Waals surface area contributed by atoms with Crippen molar-refractivity contribution in [1.29, 1.82) is 0 Å². The zero-order valence-corrected chi connectivity index (χ0v) is 7.86. The van der Waals surface area contributed by atoms with Gasteiger partial charge in [-0.2, -0.15) is 0 Å². The summed E-state index contributed by atoms with van der Waals surface area (Å²) in [7, 11) is 0. The van der Waals surface area contributed by atoms with Crippen molar-refractivity contribution in [3.05, 3.63) is 23.5 Å². The molecule has 1 aromatic heterocycles. The molecule has 1 saturated carbocycles. The van der Waals surface area contributed by atoms with Crippen LogP contribution < -0.4 is 4.74 Å². The third-order valence-electron chi connectivity index (χ3n) is 2.05. The molecule has 1 aliphatic carbocycles. The van der Waals surface area contributed by atoms with Crippen molar-refractivity contribution in [3.63, 3.8) is 0 Å². The first-order valence-corrected chi connectivity index (χ1v) is 4.53. The number of hydrogen-bond donors (Lipinski definition) is 1. The van der Waals surface area contributed by atoms with Crippen LogP contribution in [0.1, 0.15) is 28.9 Å². The zero-order chi connectivity index (χ0) is 10.1. The van der Waals surface area contributed by atoms with E-state index in [9.17, 15) is 4.79 Å². The van der Waals surface area contributed by atoms with Gasteiger partial charge in [-0.25, -0.2) is 4.79 Å². The second-order valence-electron chi connectivity index (χ2n) is 3.44. The Morgan fingerprint density at radius 3 is 2.93 bits per heavy atom. The van der Waals surface area contributed by atoms with Crippen molar-refractivity contribution >= 4 is 5.97 Å². The molecule has 1 aliphatic rings. The predicted octanol–water partition coefficient (Wildman–Crippen LogP) is 1.63. The summed E-state index contributed by atoms with van der Waals surface area (Å²) in [5.74, 6) is -0.586. The average Bonchev–Trinajstić information content (AvgIpc) is 2.91. The number of aromatic nitrogens is 1. The fraction of sp³-hybridized carbons (Fsp3) is 0.400. The van der Waals surface area contributed by atoms with Gasteiger partial charge in [0.15, 0.2) is 5.75 Å². The van der Waals surface area contributed by atoms with Crippen molar-refractivity contribution in [2.45, 2.75) is 25.9 Å². The quantitative estimate of drug-likeness (QED) is 0.792. The number of carboxylic acid groups (broad SMARTS) is 1. The molecule has 0 aromatic carbocycles. The lowest BCUT2D eigenvalue weighted by molar-refractivity contribution is 0.0691. The number of aromatic carboxylic acids is 1. The van der Waals surface area contributed by atoms with Gasteiger partial charge in [0, 0.05) is 5.69 Å². The normalized spacial score (nSPS) is 15.2. The predicted molar refractivity (Wildman–Crippen MR) is 49.6 cm³/mol. The van der Waals surface area contributed by atoms with E-state index in [4.69, 9.17) is 9.84 Å². The summed E-state index contributed by atoms with van der Waals surface area (Å²) in [6.07, 6.45) is 3.69. The average molecular weight is 193 g/mol. The maximum Gasteiger partial charge on any atom is 0.339 e. The van der Waals surface area contributed by atoms with Crippen molar-refractivity contribution in [1.82, 2.24) is 4.98 Å². The van der Waals surface area contributed by atoms with Gasteiger partial charge in [-0.3, -0.25) is 4.98 Å². The van der Waals surface area contributed by atoms with Gasteiger partial charge in [0.25, 0.3) is 0 Å². The van der Waals surface area contributed by atoms with Crippen LogP contribution in [0.25, 0.3) is 0 Å². The first-order chi connectivity index (χ1) is 6.66. The molecule has 1 N–H and O–H groups in total. The first kappa shape index (κ1) is 8.99. The van der Waals surface area contributed by atoms with E-state index < -0.39 is 5.97 Å². The first-order valence-electron chi connectivity index (χ1n) is 4.53. The standard InChI is InChI=1S/C10H11NO3/c1-6-4-8(10(12)13)9(5-11-6)14-7-2-3-7/h4-5,7H,2-3H2,1H3,(H,12,13). The van der Waals surface area contributed by atoms with E-state index in [1.807, 2.05) is 0 Å². The number of carboxylic acids is 1. The monoisotopic (exact) mass is 193 g/mol. The molecule has 0 bridgehead atoms. The number of nitrogens with zero attached hydrogens (tertiary/aromatic N) is 1. The van der Waals surface area contributed by atoms with Crippen LogP contribution in [-0.2, 0) is 0 Å². The maximum absolute atomic E-state index is 10.9. The van der Waals surface area contributed by atoms with Crippen LogP contribution in [0.3, 0.4) is 0 Å². The molecule has 2 rings (SSSR count). The summed E-state index contributed by atoms with van der Waals surface area (Å²) in [6.45, 7) is 1.76. The molecular formula is C10H11NO3. The van der Waals surface area contributed by atoms with E-state index in [2.05, 4.69) is 4.98 Å². The fourth-order valence-electron chi connectivity index (χ4n) is 1.17. The molecule has 1 aromatic rings. The number of aryl methyl sites for hydroxylation is 1. The Hall–Kier alpha value is -1.58. The Labute approximate surface area is 81.5 Å². The molecule has 0 saturated heterocycles. The maximum atomic E-state index is 10.9. The second-order valence-corrected chi connectivity index (χ2v) is 3.44. The number of hydrogen-bond acceptors (Lipinski definition) is 3. The van der Waals surface area contributed by atoms with Crippen LogP contribution in [0, 0.1) is 6.92 Å². The van der Waals surface area contributed by atoms with Crippen molar-refractivity contribution in [2.24, 2.45) is 0 Å². The van der Waals surface area contributed by atoms with Gasteiger partial charge in [-0.1, -0.05) is 0 Å². The van der Waals surface area contributed by atoms with Gasteiger partial charge in [0.1, 0.15) is 5.56 Å². The lowest BCUT2D eigenvalue weighted by atomic mass is 10.2. The molecule has 1 heterocycles. The molecule has 4 nitrogen and oxygen atoms in total. The number of rotatable bonds is 3. The molecule has 0 amide bonds. The molecule has 0 unspecified atom stereocenters. The lowest BCUT2D eigenvalue weighted by Crippen LogP contribution is -2.05. The van der Waals surface area contributed by atoms with Gasteiger partial charge in [0.2, 0.25) is 0 Å². The van der Waals surface area contributed by atoms with Gasteiger partial charge < -0.3 is 9.84 Å². The Morgan fingerprint density at radius 1 is 1.64 bits per heavy atom. The minimum atomic E-state index is -0.967. The molecule has 14 heavy (non-hydrogen) atoms. The smallest absolute Gasteiger partial charge is 0.339 e.